The number of carbonyl (C=O) groups excluding carboxylic acids is 1. The molecule has 28 heavy (non-hydrogen) atoms. The Bertz CT molecular complexity index is 955. The highest BCUT2D eigenvalue weighted by atomic mass is 16.1. The molecule has 5 heteroatoms. The van der Waals surface area contributed by atoms with Crippen molar-refractivity contribution < 1.29 is 4.79 Å². The maximum Gasteiger partial charge on any atom is 0.253 e. The standard InChI is InChI=1S/C23H29N3O2/c1-3-15-10-19(14-26(2)23(15)28)17-11-16-8-9-21(27)25-22(16)18(12-17)13-24-20-6-4-5-7-20/h10-12,14,20,24H,3-9,13H2,1-2H3,(H,25,27). The Labute approximate surface area is 166 Å². The smallest absolute Gasteiger partial charge is 0.253 e. The van der Waals surface area contributed by atoms with E-state index in [1.807, 2.05) is 26.2 Å². The Morgan fingerprint density at radius 1 is 1.07 bits per heavy atom. The largest absolute Gasteiger partial charge is 0.326 e. The molecule has 2 aliphatic rings. The summed E-state index contributed by atoms with van der Waals surface area (Å²) in [5, 5.41) is 6.77. The quantitative estimate of drug-likeness (QED) is 0.835. The summed E-state index contributed by atoms with van der Waals surface area (Å²) in [5.41, 5.74) is 6.37. The van der Waals surface area contributed by atoms with E-state index in [1.165, 1.54) is 31.2 Å². The number of anilines is 1. The molecule has 4 rings (SSSR count). The van der Waals surface area contributed by atoms with Crippen LogP contribution in [0.3, 0.4) is 0 Å². The average molecular weight is 380 g/mol. The van der Waals surface area contributed by atoms with Crippen LogP contribution >= 0.6 is 0 Å². The van der Waals surface area contributed by atoms with Gasteiger partial charge in [0.1, 0.15) is 0 Å². The maximum atomic E-state index is 12.3. The van der Waals surface area contributed by atoms with Crippen LogP contribution in [0.2, 0.25) is 0 Å². The zero-order chi connectivity index (χ0) is 19.7. The van der Waals surface area contributed by atoms with Crippen LogP contribution < -0.4 is 16.2 Å². The van der Waals surface area contributed by atoms with E-state index in [0.717, 1.165) is 47.3 Å². The number of pyridine rings is 1. The van der Waals surface area contributed by atoms with Gasteiger partial charge in [-0.15, -0.1) is 0 Å². The lowest BCUT2D eigenvalue weighted by Crippen LogP contribution is -2.27. The first kappa shape index (κ1) is 18.9. The lowest BCUT2D eigenvalue weighted by molar-refractivity contribution is -0.116. The van der Waals surface area contributed by atoms with Crippen molar-refractivity contribution in [3.05, 3.63) is 51.4 Å². The van der Waals surface area contributed by atoms with Crippen LogP contribution in [0.15, 0.2) is 29.2 Å². The number of nitrogens with one attached hydrogen (secondary N) is 2. The number of aromatic nitrogens is 1. The molecule has 0 unspecified atom stereocenters. The van der Waals surface area contributed by atoms with Gasteiger partial charge in [-0.25, -0.2) is 0 Å². The molecule has 1 amide bonds. The van der Waals surface area contributed by atoms with Gasteiger partial charge in [-0.1, -0.05) is 19.8 Å². The molecular formula is C23H29N3O2. The lowest BCUT2D eigenvalue weighted by atomic mass is 9.93. The van der Waals surface area contributed by atoms with Gasteiger partial charge in [0.25, 0.3) is 5.56 Å². The number of fused-ring (bicyclic) bond motifs is 1. The monoisotopic (exact) mass is 379 g/mol. The summed E-state index contributed by atoms with van der Waals surface area (Å²) in [5.74, 6) is 0.0951. The number of hydrogen-bond donors (Lipinski definition) is 2. The third kappa shape index (κ3) is 3.76. The average Bonchev–Trinajstić information content (AvgIpc) is 3.21. The molecule has 2 aromatic rings. The molecule has 1 aliphatic carbocycles. The molecule has 0 saturated heterocycles. The fourth-order valence-corrected chi connectivity index (χ4v) is 4.46. The van der Waals surface area contributed by atoms with E-state index in [1.54, 1.807) is 4.57 Å². The van der Waals surface area contributed by atoms with E-state index in [0.29, 0.717) is 12.5 Å². The van der Waals surface area contributed by atoms with Gasteiger partial charge in [0.15, 0.2) is 0 Å². The van der Waals surface area contributed by atoms with E-state index in [-0.39, 0.29) is 11.5 Å². The maximum absolute atomic E-state index is 12.3. The highest BCUT2D eigenvalue weighted by molar-refractivity contribution is 5.95. The Kier molecular flexibility index (Phi) is 5.36. The molecule has 0 radical (unpaired) electrons. The molecule has 1 fully saturated rings. The van der Waals surface area contributed by atoms with Crippen LogP contribution in [0, 0.1) is 0 Å². The van der Waals surface area contributed by atoms with Gasteiger partial charge < -0.3 is 15.2 Å². The van der Waals surface area contributed by atoms with Gasteiger partial charge in [0.2, 0.25) is 5.91 Å². The number of carbonyl (C=O) groups is 1. The van der Waals surface area contributed by atoms with Crippen LogP contribution in [0.25, 0.3) is 11.1 Å². The SMILES string of the molecule is CCc1cc(-c2cc3c(c(CNC4CCCC4)c2)NC(=O)CC3)cn(C)c1=O. The van der Waals surface area contributed by atoms with Gasteiger partial charge in [-0.3, -0.25) is 9.59 Å². The molecule has 0 atom stereocenters. The first-order chi connectivity index (χ1) is 13.5. The molecule has 0 bridgehead atoms. The second-order valence-corrected chi connectivity index (χ2v) is 8.10. The summed E-state index contributed by atoms with van der Waals surface area (Å²) in [6, 6.07) is 6.93. The number of amides is 1. The zero-order valence-corrected chi connectivity index (χ0v) is 16.8. The summed E-state index contributed by atoms with van der Waals surface area (Å²) in [4.78, 5) is 24.3. The Morgan fingerprint density at radius 2 is 1.82 bits per heavy atom. The minimum Gasteiger partial charge on any atom is -0.326 e. The van der Waals surface area contributed by atoms with Crippen molar-refractivity contribution in [2.45, 2.75) is 64.5 Å². The second kappa shape index (κ2) is 7.92. The summed E-state index contributed by atoms with van der Waals surface area (Å²) in [6.07, 6.45) is 8.98. The van der Waals surface area contributed by atoms with Gasteiger partial charge in [0, 0.05) is 43.5 Å². The van der Waals surface area contributed by atoms with Gasteiger partial charge >= 0.3 is 0 Å². The van der Waals surface area contributed by atoms with Crippen molar-refractivity contribution in [2.24, 2.45) is 7.05 Å². The van der Waals surface area contributed by atoms with Crippen molar-refractivity contribution in [1.82, 2.24) is 9.88 Å². The fourth-order valence-electron chi connectivity index (χ4n) is 4.46. The number of aryl methyl sites for hydroxylation is 3. The zero-order valence-electron chi connectivity index (χ0n) is 16.8. The van der Waals surface area contributed by atoms with E-state index in [2.05, 4.69) is 22.8 Å². The first-order valence-electron chi connectivity index (χ1n) is 10.4. The van der Waals surface area contributed by atoms with Crippen molar-refractivity contribution in [2.75, 3.05) is 5.32 Å². The Hall–Kier alpha value is -2.40. The van der Waals surface area contributed by atoms with Crippen molar-refractivity contribution in [3.8, 4) is 11.1 Å². The summed E-state index contributed by atoms with van der Waals surface area (Å²) < 4.78 is 1.67. The molecule has 2 N–H and O–H groups in total. The van der Waals surface area contributed by atoms with E-state index < -0.39 is 0 Å². The molecule has 5 nitrogen and oxygen atoms in total. The molecule has 0 spiro atoms. The number of hydrogen-bond acceptors (Lipinski definition) is 3. The number of rotatable bonds is 5. The van der Waals surface area contributed by atoms with E-state index in [9.17, 15) is 9.59 Å². The number of benzene rings is 1. The fraction of sp³-hybridized carbons (Fsp3) is 0.478. The predicted molar refractivity (Wildman–Crippen MR) is 113 cm³/mol. The van der Waals surface area contributed by atoms with Gasteiger partial charge in [-0.05, 0) is 66.1 Å². The van der Waals surface area contributed by atoms with Crippen LogP contribution in [-0.4, -0.2) is 16.5 Å². The predicted octanol–water partition coefficient (Wildman–Crippen LogP) is 3.53. The summed E-state index contributed by atoms with van der Waals surface area (Å²) >= 11 is 0. The van der Waals surface area contributed by atoms with Crippen LogP contribution in [0.4, 0.5) is 5.69 Å². The number of nitrogens with zero attached hydrogens (tertiary/aromatic N) is 1. The van der Waals surface area contributed by atoms with Crippen LogP contribution in [-0.2, 0) is 31.2 Å². The van der Waals surface area contributed by atoms with Gasteiger partial charge in [-0.2, -0.15) is 0 Å². The highest BCUT2D eigenvalue weighted by Gasteiger charge is 2.21. The molecular weight excluding hydrogens is 350 g/mol. The molecule has 148 valence electrons. The normalized spacial score (nSPS) is 16.9. The van der Waals surface area contributed by atoms with Crippen LogP contribution in [0.1, 0.15) is 55.7 Å². The molecule has 1 aliphatic heterocycles. The summed E-state index contributed by atoms with van der Waals surface area (Å²) in [6.45, 7) is 2.77. The summed E-state index contributed by atoms with van der Waals surface area (Å²) in [7, 11) is 1.81. The Balaban J connectivity index is 1.74. The van der Waals surface area contributed by atoms with Gasteiger partial charge in [0.05, 0.1) is 0 Å². The molecule has 2 heterocycles. The lowest BCUT2D eigenvalue weighted by Gasteiger charge is -2.23. The minimum atomic E-state index is 0.0691. The van der Waals surface area contributed by atoms with Crippen molar-refractivity contribution in [3.63, 3.8) is 0 Å². The minimum absolute atomic E-state index is 0.0691. The molecule has 1 saturated carbocycles. The first-order valence-corrected chi connectivity index (χ1v) is 10.4. The highest BCUT2D eigenvalue weighted by Crippen LogP contribution is 2.33. The molecule has 1 aromatic heterocycles. The Morgan fingerprint density at radius 3 is 2.57 bits per heavy atom. The second-order valence-electron chi connectivity index (χ2n) is 8.10. The van der Waals surface area contributed by atoms with Crippen molar-refractivity contribution >= 4 is 11.6 Å². The van der Waals surface area contributed by atoms with E-state index >= 15 is 0 Å². The topological polar surface area (TPSA) is 63.1 Å². The van der Waals surface area contributed by atoms with Crippen LogP contribution in [0.5, 0.6) is 0 Å². The third-order valence-corrected chi connectivity index (χ3v) is 6.10. The molecule has 1 aromatic carbocycles. The van der Waals surface area contributed by atoms with E-state index in [4.69, 9.17) is 0 Å². The third-order valence-electron chi connectivity index (χ3n) is 6.10. The van der Waals surface area contributed by atoms with Crippen molar-refractivity contribution in [1.29, 1.82) is 0 Å².